The minimum atomic E-state index is -0.487. The monoisotopic (exact) mass is 274 g/mol. The minimum Gasteiger partial charge on any atom is -0.358 e. The van der Waals surface area contributed by atoms with Gasteiger partial charge in [-0.25, -0.2) is 0 Å². The normalized spacial score (nSPS) is 11.6. The highest BCUT2D eigenvalue weighted by molar-refractivity contribution is 5.96. The molecular formula is C14H18N4O2. The van der Waals surface area contributed by atoms with E-state index in [4.69, 9.17) is 5.26 Å². The Morgan fingerprint density at radius 2 is 2.05 bits per heavy atom. The van der Waals surface area contributed by atoms with Crippen LogP contribution in [0.3, 0.4) is 0 Å². The van der Waals surface area contributed by atoms with Crippen LogP contribution in [-0.4, -0.2) is 43.4 Å². The van der Waals surface area contributed by atoms with Gasteiger partial charge in [-0.05, 0) is 26.1 Å². The molecule has 1 unspecified atom stereocenters. The van der Waals surface area contributed by atoms with Crippen molar-refractivity contribution in [1.82, 2.24) is 10.2 Å². The van der Waals surface area contributed by atoms with Gasteiger partial charge in [0.15, 0.2) is 0 Å². The summed E-state index contributed by atoms with van der Waals surface area (Å²) in [5, 5.41) is 14.2. The molecule has 1 atom stereocenters. The summed E-state index contributed by atoms with van der Waals surface area (Å²) >= 11 is 0. The molecule has 0 saturated heterocycles. The molecule has 1 aromatic rings. The Kier molecular flexibility index (Phi) is 5.69. The molecule has 6 heteroatoms. The lowest BCUT2D eigenvalue weighted by Crippen LogP contribution is -2.44. The van der Waals surface area contributed by atoms with E-state index in [1.165, 1.54) is 0 Å². The van der Waals surface area contributed by atoms with Gasteiger partial charge < -0.3 is 10.6 Å². The second kappa shape index (κ2) is 7.26. The first-order valence-electron chi connectivity index (χ1n) is 6.20. The molecule has 0 aliphatic heterocycles. The average Bonchev–Trinajstić information content (AvgIpc) is 2.46. The van der Waals surface area contributed by atoms with Gasteiger partial charge in [0.25, 0.3) is 0 Å². The minimum absolute atomic E-state index is 0.130. The van der Waals surface area contributed by atoms with Crippen molar-refractivity contribution in [2.75, 3.05) is 26.0 Å². The lowest BCUT2D eigenvalue weighted by Gasteiger charge is -2.23. The topological polar surface area (TPSA) is 85.2 Å². The maximum Gasteiger partial charge on any atom is 0.241 e. The highest BCUT2D eigenvalue weighted by Crippen LogP contribution is 2.14. The fourth-order valence-electron chi connectivity index (χ4n) is 1.57. The molecule has 0 bridgehead atoms. The van der Waals surface area contributed by atoms with Crippen molar-refractivity contribution in [2.45, 2.75) is 13.0 Å². The van der Waals surface area contributed by atoms with Crippen molar-refractivity contribution in [2.24, 2.45) is 0 Å². The van der Waals surface area contributed by atoms with Gasteiger partial charge in [-0.3, -0.25) is 14.5 Å². The van der Waals surface area contributed by atoms with E-state index in [-0.39, 0.29) is 18.4 Å². The zero-order valence-electron chi connectivity index (χ0n) is 11.8. The summed E-state index contributed by atoms with van der Waals surface area (Å²) < 4.78 is 0. The van der Waals surface area contributed by atoms with Crippen molar-refractivity contribution in [1.29, 1.82) is 5.26 Å². The predicted octanol–water partition coefficient (Wildman–Crippen LogP) is 0.563. The Morgan fingerprint density at radius 3 is 2.65 bits per heavy atom. The van der Waals surface area contributed by atoms with Crippen LogP contribution in [0.1, 0.15) is 12.5 Å². The van der Waals surface area contributed by atoms with E-state index >= 15 is 0 Å². The third-order valence-corrected chi connectivity index (χ3v) is 3.02. The maximum absolute atomic E-state index is 12.1. The van der Waals surface area contributed by atoms with Gasteiger partial charge in [0.05, 0.1) is 23.8 Å². The van der Waals surface area contributed by atoms with Crippen molar-refractivity contribution < 1.29 is 9.59 Å². The lowest BCUT2D eigenvalue weighted by atomic mass is 10.2. The van der Waals surface area contributed by atoms with E-state index < -0.39 is 6.04 Å². The number of carbonyl (C=O) groups excluding carboxylic acids is 2. The number of amides is 2. The van der Waals surface area contributed by atoms with Gasteiger partial charge >= 0.3 is 0 Å². The number of nitriles is 1. The molecule has 2 amide bonds. The average molecular weight is 274 g/mol. The molecule has 0 fully saturated rings. The first-order chi connectivity index (χ1) is 9.49. The fourth-order valence-corrected chi connectivity index (χ4v) is 1.57. The van der Waals surface area contributed by atoms with Crippen molar-refractivity contribution in [3.63, 3.8) is 0 Å². The van der Waals surface area contributed by atoms with E-state index in [2.05, 4.69) is 10.6 Å². The third kappa shape index (κ3) is 4.07. The van der Waals surface area contributed by atoms with E-state index in [0.717, 1.165) is 0 Å². The summed E-state index contributed by atoms with van der Waals surface area (Å²) in [4.78, 5) is 25.0. The first-order valence-corrected chi connectivity index (χ1v) is 6.20. The van der Waals surface area contributed by atoms with Crippen molar-refractivity contribution in [3.05, 3.63) is 29.8 Å². The molecule has 0 aliphatic rings. The second-order valence-electron chi connectivity index (χ2n) is 4.41. The number of rotatable bonds is 5. The number of benzene rings is 1. The molecule has 2 N–H and O–H groups in total. The molecule has 0 radical (unpaired) electrons. The number of hydrogen-bond acceptors (Lipinski definition) is 4. The molecule has 1 aromatic carbocycles. The number of hydrogen-bond donors (Lipinski definition) is 2. The first kappa shape index (κ1) is 15.7. The van der Waals surface area contributed by atoms with Gasteiger partial charge in [-0.15, -0.1) is 0 Å². The highest BCUT2D eigenvalue weighted by atomic mass is 16.2. The standard InChI is InChI=1S/C14H18N4O2/c1-10(18(3)9-13(19)16-2)14(20)17-12-7-5-4-6-11(12)8-15/h4-7,10H,9H2,1-3H3,(H,16,19)(H,17,20). The van der Waals surface area contributed by atoms with E-state index in [1.807, 2.05) is 6.07 Å². The Balaban J connectivity index is 2.71. The van der Waals surface area contributed by atoms with Crippen LogP contribution in [0.15, 0.2) is 24.3 Å². The van der Waals surface area contributed by atoms with Crippen LogP contribution in [0.2, 0.25) is 0 Å². The molecular weight excluding hydrogens is 256 g/mol. The number of anilines is 1. The maximum atomic E-state index is 12.1. The number of nitrogens with zero attached hydrogens (tertiary/aromatic N) is 2. The molecule has 1 rings (SSSR count). The van der Waals surface area contributed by atoms with Crippen LogP contribution in [-0.2, 0) is 9.59 Å². The largest absolute Gasteiger partial charge is 0.358 e. The van der Waals surface area contributed by atoms with Gasteiger partial charge in [-0.1, -0.05) is 12.1 Å². The summed E-state index contributed by atoms with van der Waals surface area (Å²) in [7, 11) is 3.24. The van der Waals surface area contributed by atoms with Gasteiger partial charge in [0.1, 0.15) is 6.07 Å². The zero-order valence-corrected chi connectivity index (χ0v) is 11.8. The summed E-state index contributed by atoms with van der Waals surface area (Å²) in [6, 6.07) is 8.31. The SMILES string of the molecule is CNC(=O)CN(C)C(C)C(=O)Nc1ccccc1C#N. The van der Waals surface area contributed by atoms with Crippen LogP contribution >= 0.6 is 0 Å². The number of carbonyl (C=O) groups is 2. The summed E-state index contributed by atoms with van der Waals surface area (Å²) in [5.41, 5.74) is 0.877. The predicted molar refractivity (Wildman–Crippen MR) is 75.9 cm³/mol. The molecule has 0 saturated carbocycles. The van der Waals surface area contributed by atoms with Crippen LogP contribution in [0.4, 0.5) is 5.69 Å². The van der Waals surface area contributed by atoms with Gasteiger partial charge in [0, 0.05) is 7.05 Å². The Bertz CT molecular complexity index is 536. The molecule has 6 nitrogen and oxygen atoms in total. The molecule has 0 heterocycles. The molecule has 0 spiro atoms. The van der Waals surface area contributed by atoms with E-state index in [0.29, 0.717) is 11.3 Å². The van der Waals surface area contributed by atoms with Crippen molar-refractivity contribution >= 4 is 17.5 Å². The van der Waals surface area contributed by atoms with Crippen LogP contribution in [0.25, 0.3) is 0 Å². The quantitative estimate of drug-likeness (QED) is 0.821. The third-order valence-electron chi connectivity index (χ3n) is 3.02. The van der Waals surface area contributed by atoms with Gasteiger partial charge in [-0.2, -0.15) is 5.26 Å². The zero-order chi connectivity index (χ0) is 15.1. The summed E-state index contributed by atoms with van der Waals surface area (Å²) in [6.07, 6.45) is 0. The smallest absolute Gasteiger partial charge is 0.241 e. The Hall–Kier alpha value is -2.39. The van der Waals surface area contributed by atoms with Crippen molar-refractivity contribution in [3.8, 4) is 6.07 Å². The fraction of sp³-hybridized carbons (Fsp3) is 0.357. The Morgan fingerprint density at radius 1 is 1.40 bits per heavy atom. The van der Waals surface area contributed by atoms with E-state index in [1.54, 1.807) is 50.2 Å². The number of nitrogens with one attached hydrogen (secondary N) is 2. The molecule has 0 aromatic heterocycles. The molecule has 20 heavy (non-hydrogen) atoms. The second-order valence-corrected chi connectivity index (χ2v) is 4.41. The van der Waals surface area contributed by atoms with Crippen LogP contribution in [0, 0.1) is 11.3 Å². The highest BCUT2D eigenvalue weighted by Gasteiger charge is 2.20. The van der Waals surface area contributed by atoms with E-state index in [9.17, 15) is 9.59 Å². The lowest BCUT2D eigenvalue weighted by molar-refractivity contribution is -0.124. The molecule has 0 aliphatic carbocycles. The summed E-state index contributed by atoms with van der Waals surface area (Å²) in [6.45, 7) is 1.83. The Labute approximate surface area is 118 Å². The van der Waals surface area contributed by atoms with Gasteiger partial charge in [0.2, 0.25) is 11.8 Å². The number of para-hydroxylation sites is 1. The number of likely N-dealkylation sites (N-methyl/N-ethyl adjacent to an activating group) is 2. The summed E-state index contributed by atoms with van der Waals surface area (Å²) in [5.74, 6) is -0.427. The molecule has 106 valence electrons. The van der Waals surface area contributed by atoms with Crippen LogP contribution < -0.4 is 10.6 Å². The van der Waals surface area contributed by atoms with Crippen LogP contribution in [0.5, 0.6) is 0 Å².